The van der Waals surface area contributed by atoms with Crippen molar-refractivity contribution in [2.75, 3.05) is 0 Å². The standard InChI is InChI=1S/Mn.4H2O/h;4*1H2/p-1. The average molecular weight is 126 g/mol. The summed E-state index contributed by atoms with van der Waals surface area (Å²) in [5.41, 5.74) is 0. The van der Waals surface area contributed by atoms with Crippen LogP contribution in [0.1, 0.15) is 0 Å². The van der Waals surface area contributed by atoms with Gasteiger partial charge < -0.3 is 21.9 Å². The second kappa shape index (κ2) is 381. The minimum absolute atomic E-state index is 0. The van der Waals surface area contributed by atoms with Crippen LogP contribution in [0, 0.1) is 0 Å². The molecule has 0 saturated heterocycles. The third-order valence-electron chi connectivity index (χ3n) is 0. The van der Waals surface area contributed by atoms with Crippen molar-refractivity contribution in [2.45, 2.75) is 0 Å². The van der Waals surface area contributed by atoms with Gasteiger partial charge in [-0.2, -0.15) is 0 Å². The van der Waals surface area contributed by atoms with E-state index in [-0.39, 0.29) is 39.0 Å². The summed E-state index contributed by atoms with van der Waals surface area (Å²) in [4.78, 5) is 0. The predicted octanol–water partition coefficient (Wildman–Crippen LogP) is -2.65. The van der Waals surface area contributed by atoms with E-state index in [0.717, 1.165) is 0 Å². The van der Waals surface area contributed by atoms with Crippen LogP contribution in [-0.2, 0) is 17.1 Å². The first-order valence-electron chi connectivity index (χ1n) is 0. The number of rotatable bonds is 0. The predicted molar refractivity (Wildman–Crippen MR) is 12.8 cm³/mol. The van der Waals surface area contributed by atoms with Crippen molar-refractivity contribution in [1.29, 1.82) is 0 Å². The minimum Gasteiger partial charge on any atom is -0.870 e. The molecule has 0 fully saturated rings. The third kappa shape index (κ3) is 188. The maximum atomic E-state index is 0. The summed E-state index contributed by atoms with van der Waals surface area (Å²) in [5.74, 6) is 0. The quantitative estimate of drug-likeness (QED) is 0.323. The molecule has 1 radical (unpaired) electrons. The Morgan fingerprint density at radius 2 is 0.600 bits per heavy atom. The maximum absolute atomic E-state index is 0. The molecule has 4 nitrogen and oxygen atoms in total. The second-order valence-corrected chi connectivity index (χ2v) is 0. The molecule has 5 heteroatoms. The summed E-state index contributed by atoms with van der Waals surface area (Å²) in [5, 5.41) is 0. The van der Waals surface area contributed by atoms with Crippen molar-refractivity contribution in [2.24, 2.45) is 0 Å². The number of hydrogen-bond donors (Lipinski definition) is 0. The van der Waals surface area contributed by atoms with E-state index in [9.17, 15) is 0 Å². The molecule has 39 valence electrons. The molecule has 0 unspecified atom stereocenters. The summed E-state index contributed by atoms with van der Waals surface area (Å²) >= 11 is 0. The number of hydrogen-bond acceptors (Lipinski definition) is 1. The zero-order valence-corrected chi connectivity index (χ0v) is 3.51. The Bertz CT molecular complexity index is 3.61. The summed E-state index contributed by atoms with van der Waals surface area (Å²) in [6.07, 6.45) is 0. The molecule has 0 aromatic heterocycles. The van der Waals surface area contributed by atoms with Gasteiger partial charge in [0.1, 0.15) is 0 Å². The molecule has 7 N–H and O–H groups in total. The van der Waals surface area contributed by atoms with Crippen molar-refractivity contribution in [3.8, 4) is 0 Å². The van der Waals surface area contributed by atoms with Crippen molar-refractivity contribution in [3.63, 3.8) is 0 Å². The van der Waals surface area contributed by atoms with Crippen molar-refractivity contribution in [1.82, 2.24) is 0 Å². The Morgan fingerprint density at radius 3 is 0.600 bits per heavy atom. The molecule has 0 aliphatic carbocycles. The van der Waals surface area contributed by atoms with Crippen LogP contribution in [-0.4, -0.2) is 21.9 Å². The van der Waals surface area contributed by atoms with E-state index in [1.165, 1.54) is 0 Å². The minimum atomic E-state index is 0. The van der Waals surface area contributed by atoms with Gasteiger partial charge in [0.05, 0.1) is 0 Å². The normalized spacial score (nSPS) is 0. The Morgan fingerprint density at radius 1 is 0.600 bits per heavy atom. The second-order valence-electron chi connectivity index (χ2n) is 0. The molecule has 0 bridgehead atoms. The van der Waals surface area contributed by atoms with Gasteiger partial charge in [-0.25, -0.2) is 0 Å². The van der Waals surface area contributed by atoms with Crippen molar-refractivity contribution in [3.05, 3.63) is 0 Å². The van der Waals surface area contributed by atoms with Crippen LogP contribution in [0.25, 0.3) is 0 Å². The first-order valence-corrected chi connectivity index (χ1v) is 0. The van der Waals surface area contributed by atoms with Crippen LogP contribution in [0.2, 0.25) is 0 Å². The zero-order valence-electron chi connectivity index (χ0n) is 2.33. The Hall–Kier alpha value is 0.359. The Labute approximate surface area is 39.9 Å². The fourth-order valence-electron chi connectivity index (χ4n) is 0. The molecule has 0 rings (SSSR count). The van der Waals surface area contributed by atoms with E-state index in [4.69, 9.17) is 0 Å². The molecular weight excluding hydrogens is 119 g/mol. The fraction of sp³-hybridized carbons (Fsp3) is 0. The summed E-state index contributed by atoms with van der Waals surface area (Å²) < 4.78 is 0. The average Bonchev–Trinajstić information content (AvgIpc) is 0. The van der Waals surface area contributed by atoms with Gasteiger partial charge in [-0.1, -0.05) is 0 Å². The molecular formula is H7MnO4-. The molecule has 0 aliphatic rings. The van der Waals surface area contributed by atoms with E-state index in [0.29, 0.717) is 0 Å². The van der Waals surface area contributed by atoms with Crippen LogP contribution >= 0.6 is 0 Å². The van der Waals surface area contributed by atoms with Gasteiger partial charge in [0.2, 0.25) is 0 Å². The first kappa shape index (κ1) is 788. The van der Waals surface area contributed by atoms with Gasteiger partial charge >= 0.3 is 0 Å². The van der Waals surface area contributed by atoms with Crippen molar-refractivity contribution >= 4 is 0 Å². The first-order chi connectivity index (χ1) is 0. The molecule has 0 amide bonds. The van der Waals surface area contributed by atoms with E-state index in [1.54, 1.807) is 0 Å². The fourth-order valence-corrected chi connectivity index (χ4v) is 0. The van der Waals surface area contributed by atoms with E-state index < -0.39 is 0 Å². The Balaban J connectivity index is 0. The third-order valence-corrected chi connectivity index (χ3v) is 0. The van der Waals surface area contributed by atoms with E-state index in [2.05, 4.69) is 0 Å². The molecule has 0 aromatic carbocycles. The van der Waals surface area contributed by atoms with Gasteiger partial charge in [-0.3, -0.25) is 0 Å². The SMILES string of the molecule is O.O.O.[Mn].[OH-]. The topological polar surface area (TPSA) is 124 Å². The summed E-state index contributed by atoms with van der Waals surface area (Å²) in [6.45, 7) is 0. The zero-order chi connectivity index (χ0) is 0. The van der Waals surface area contributed by atoms with E-state index >= 15 is 0 Å². The summed E-state index contributed by atoms with van der Waals surface area (Å²) in [6, 6.07) is 0. The van der Waals surface area contributed by atoms with Crippen LogP contribution in [0.15, 0.2) is 0 Å². The maximum Gasteiger partial charge on any atom is 0 e. The van der Waals surface area contributed by atoms with Gasteiger partial charge in [0.15, 0.2) is 0 Å². The summed E-state index contributed by atoms with van der Waals surface area (Å²) in [7, 11) is 0. The van der Waals surface area contributed by atoms with Crippen LogP contribution < -0.4 is 0 Å². The molecule has 0 atom stereocenters. The molecule has 0 aromatic rings. The van der Waals surface area contributed by atoms with Gasteiger partial charge in [-0.05, 0) is 0 Å². The Kier molecular flexibility index (Phi) is 60000. The van der Waals surface area contributed by atoms with Crippen LogP contribution in [0.5, 0.6) is 0 Å². The van der Waals surface area contributed by atoms with Gasteiger partial charge in [0, 0.05) is 17.1 Å². The van der Waals surface area contributed by atoms with Gasteiger partial charge in [0.25, 0.3) is 0 Å². The largest absolute Gasteiger partial charge is 0.870 e. The van der Waals surface area contributed by atoms with Crippen LogP contribution in [0.4, 0.5) is 0 Å². The van der Waals surface area contributed by atoms with Gasteiger partial charge in [-0.15, -0.1) is 0 Å². The van der Waals surface area contributed by atoms with Crippen molar-refractivity contribution < 1.29 is 39.0 Å². The molecule has 0 aliphatic heterocycles. The van der Waals surface area contributed by atoms with E-state index in [1.807, 2.05) is 0 Å². The molecule has 0 saturated carbocycles. The monoisotopic (exact) mass is 126 g/mol. The molecule has 0 heterocycles. The smallest absolute Gasteiger partial charge is 0 e. The molecule has 0 spiro atoms. The van der Waals surface area contributed by atoms with Crippen LogP contribution in [0.3, 0.4) is 0 Å². The molecule has 5 heavy (non-hydrogen) atoms.